The third kappa shape index (κ3) is 2.77. The zero-order chi connectivity index (χ0) is 19.1. The molecule has 2 aromatic heterocycles. The molecule has 4 rings (SSSR count). The Bertz CT molecular complexity index is 1190. The molecule has 9 nitrogen and oxygen atoms in total. The first-order valence-corrected chi connectivity index (χ1v) is 8.51. The molecule has 1 aromatic carbocycles. The summed E-state index contributed by atoms with van der Waals surface area (Å²) in [4.78, 5) is 41.3. The number of imidazole rings is 1. The number of carbonyl (C=O) groups excluding carboxylic acids is 1. The molecule has 0 bridgehead atoms. The van der Waals surface area contributed by atoms with E-state index in [1.807, 2.05) is 30.3 Å². The molecule has 3 aromatic rings. The second kappa shape index (κ2) is 6.35. The van der Waals surface area contributed by atoms with Gasteiger partial charge in [0.05, 0.1) is 18.6 Å². The van der Waals surface area contributed by atoms with Crippen LogP contribution in [0.15, 0.2) is 51.3 Å². The van der Waals surface area contributed by atoms with Crippen LogP contribution in [0, 0.1) is 0 Å². The highest BCUT2D eigenvalue weighted by Crippen LogP contribution is 2.15. The maximum absolute atomic E-state index is 12.7. The maximum atomic E-state index is 12.7. The van der Waals surface area contributed by atoms with Crippen molar-refractivity contribution in [1.29, 1.82) is 0 Å². The number of hydrogen-bond donors (Lipinski definition) is 0. The van der Waals surface area contributed by atoms with Crippen LogP contribution < -0.4 is 11.2 Å². The van der Waals surface area contributed by atoms with Crippen molar-refractivity contribution in [2.75, 3.05) is 6.54 Å². The number of nitrogens with zero attached hydrogens (tertiary/aromatic N) is 6. The molecule has 0 saturated carbocycles. The minimum atomic E-state index is -0.478. The minimum Gasteiger partial charge on any atom is -0.315 e. The molecule has 1 aliphatic rings. The molecule has 0 aliphatic carbocycles. The summed E-state index contributed by atoms with van der Waals surface area (Å²) in [6.45, 7) is 0.418. The van der Waals surface area contributed by atoms with Gasteiger partial charge < -0.3 is 4.57 Å². The van der Waals surface area contributed by atoms with Crippen LogP contribution in [0.3, 0.4) is 0 Å². The third-order valence-electron chi connectivity index (χ3n) is 4.72. The molecular weight excluding hydrogens is 348 g/mol. The summed E-state index contributed by atoms with van der Waals surface area (Å²) in [5, 5.41) is 5.84. The molecule has 0 fully saturated rings. The Balaban J connectivity index is 1.64. The minimum absolute atomic E-state index is 0.0739. The quantitative estimate of drug-likeness (QED) is 0.655. The first-order chi connectivity index (χ1) is 13.0. The van der Waals surface area contributed by atoms with E-state index in [0.29, 0.717) is 13.0 Å². The third-order valence-corrected chi connectivity index (χ3v) is 4.72. The lowest BCUT2D eigenvalue weighted by molar-refractivity contribution is -0.131. The molecule has 9 heteroatoms. The molecule has 0 saturated heterocycles. The number of aryl methyl sites for hydroxylation is 1. The summed E-state index contributed by atoms with van der Waals surface area (Å²) < 4.78 is 3.77. The van der Waals surface area contributed by atoms with Crippen LogP contribution in [0.25, 0.3) is 11.2 Å². The largest absolute Gasteiger partial charge is 0.332 e. The van der Waals surface area contributed by atoms with Crippen molar-refractivity contribution in [2.45, 2.75) is 13.0 Å². The smallest absolute Gasteiger partial charge is 0.315 e. The van der Waals surface area contributed by atoms with E-state index in [4.69, 9.17) is 0 Å². The molecule has 0 N–H and O–H groups in total. The van der Waals surface area contributed by atoms with Crippen molar-refractivity contribution in [3.05, 3.63) is 63.1 Å². The second-order valence-electron chi connectivity index (χ2n) is 6.43. The van der Waals surface area contributed by atoms with Gasteiger partial charge in [0.25, 0.3) is 11.5 Å². The number of rotatable bonds is 3. The number of hydrogen-bond acceptors (Lipinski definition) is 5. The van der Waals surface area contributed by atoms with Crippen LogP contribution in [-0.4, -0.2) is 41.9 Å². The Kier molecular flexibility index (Phi) is 3.98. The van der Waals surface area contributed by atoms with Gasteiger partial charge in [-0.2, -0.15) is 5.10 Å². The first kappa shape index (κ1) is 17.0. The van der Waals surface area contributed by atoms with Gasteiger partial charge in [0.15, 0.2) is 11.2 Å². The van der Waals surface area contributed by atoms with E-state index in [0.717, 1.165) is 15.8 Å². The molecule has 1 aliphatic heterocycles. The summed E-state index contributed by atoms with van der Waals surface area (Å²) in [6.07, 6.45) is 2.08. The zero-order valence-electron chi connectivity index (χ0n) is 15.0. The van der Waals surface area contributed by atoms with Gasteiger partial charge >= 0.3 is 5.69 Å². The molecular formula is C18H18N6O3. The second-order valence-corrected chi connectivity index (χ2v) is 6.43. The molecule has 1 amide bonds. The van der Waals surface area contributed by atoms with Gasteiger partial charge in [0.2, 0.25) is 0 Å². The number of carbonyl (C=O) groups is 1. The van der Waals surface area contributed by atoms with E-state index in [9.17, 15) is 14.4 Å². The highest BCUT2D eigenvalue weighted by molar-refractivity contribution is 6.02. The molecule has 27 heavy (non-hydrogen) atoms. The fraction of sp³-hybridized carbons (Fsp3) is 0.278. The van der Waals surface area contributed by atoms with E-state index < -0.39 is 11.2 Å². The summed E-state index contributed by atoms with van der Waals surface area (Å²) in [5.41, 5.74) is 1.39. The Labute approximate surface area is 153 Å². The van der Waals surface area contributed by atoms with Crippen LogP contribution in [0.2, 0.25) is 0 Å². The lowest BCUT2D eigenvalue weighted by Gasteiger charge is -2.12. The van der Waals surface area contributed by atoms with E-state index >= 15 is 0 Å². The fourth-order valence-corrected chi connectivity index (χ4v) is 3.21. The summed E-state index contributed by atoms with van der Waals surface area (Å²) in [5.74, 6) is -0.240. The lowest BCUT2D eigenvalue weighted by atomic mass is 10.1. The molecule has 0 radical (unpaired) electrons. The average molecular weight is 366 g/mol. The van der Waals surface area contributed by atoms with E-state index in [2.05, 4.69) is 10.1 Å². The van der Waals surface area contributed by atoms with E-state index in [-0.39, 0.29) is 23.6 Å². The molecule has 0 atom stereocenters. The van der Waals surface area contributed by atoms with Crippen molar-refractivity contribution in [1.82, 2.24) is 23.7 Å². The number of fused-ring (bicyclic) bond motifs is 1. The van der Waals surface area contributed by atoms with Gasteiger partial charge in [0, 0.05) is 20.5 Å². The standard InChI is InChI=1S/C18H18N6O3/c1-21-16-15(17(26)22(2)18(21)27)23(11-19-16)10-14(25)24-9-8-13(20-24)12-6-4-3-5-7-12/h3-7,11H,8-10H2,1-2H3. The highest BCUT2D eigenvalue weighted by Gasteiger charge is 2.23. The van der Waals surface area contributed by atoms with Gasteiger partial charge in [-0.15, -0.1) is 0 Å². The number of aromatic nitrogens is 4. The molecule has 0 unspecified atom stereocenters. The van der Waals surface area contributed by atoms with Crippen LogP contribution in [0.4, 0.5) is 0 Å². The molecule has 138 valence electrons. The Morgan fingerprint density at radius 3 is 2.59 bits per heavy atom. The van der Waals surface area contributed by atoms with Crippen LogP contribution in [-0.2, 0) is 25.4 Å². The maximum Gasteiger partial charge on any atom is 0.332 e. The predicted octanol–water partition coefficient (Wildman–Crippen LogP) is 0.0703. The van der Waals surface area contributed by atoms with Crippen LogP contribution in [0.5, 0.6) is 0 Å². The van der Waals surface area contributed by atoms with Crippen molar-refractivity contribution < 1.29 is 4.79 Å². The Hall–Kier alpha value is -3.49. The van der Waals surface area contributed by atoms with Gasteiger partial charge in [-0.25, -0.2) is 14.8 Å². The van der Waals surface area contributed by atoms with Crippen LogP contribution in [0.1, 0.15) is 12.0 Å². The lowest BCUT2D eigenvalue weighted by Crippen LogP contribution is -2.38. The SMILES string of the molecule is Cn1c(=O)c2c(ncn2CC(=O)N2CCC(c3ccccc3)=N2)n(C)c1=O. The Morgan fingerprint density at radius 1 is 1.11 bits per heavy atom. The first-order valence-electron chi connectivity index (χ1n) is 8.51. The fourth-order valence-electron chi connectivity index (χ4n) is 3.21. The number of amides is 1. The average Bonchev–Trinajstić information content (AvgIpc) is 3.33. The number of benzene rings is 1. The van der Waals surface area contributed by atoms with E-state index in [1.165, 1.54) is 27.5 Å². The monoisotopic (exact) mass is 366 g/mol. The van der Waals surface area contributed by atoms with Gasteiger partial charge in [0.1, 0.15) is 6.54 Å². The summed E-state index contributed by atoms with van der Waals surface area (Å²) in [7, 11) is 2.94. The summed E-state index contributed by atoms with van der Waals surface area (Å²) in [6, 6.07) is 9.71. The van der Waals surface area contributed by atoms with Crippen molar-refractivity contribution in [3.63, 3.8) is 0 Å². The Morgan fingerprint density at radius 2 is 1.85 bits per heavy atom. The van der Waals surface area contributed by atoms with Gasteiger partial charge in [-0.3, -0.25) is 18.7 Å². The number of hydrazone groups is 1. The van der Waals surface area contributed by atoms with Gasteiger partial charge in [-0.1, -0.05) is 30.3 Å². The molecule has 0 spiro atoms. The van der Waals surface area contributed by atoms with Crippen molar-refractivity contribution >= 4 is 22.8 Å². The van der Waals surface area contributed by atoms with Crippen LogP contribution >= 0.6 is 0 Å². The van der Waals surface area contributed by atoms with Crippen molar-refractivity contribution in [3.8, 4) is 0 Å². The topological polar surface area (TPSA) is 94.5 Å². The van der Waals surface area contributed by atoms with Gasteiger partial charge in [-0.05, 0) is 5.56 Å². The normalized spacial score (nSPS) is 14.0. The van der Waals surface area contributed by atoms with Crippen molar-refractivity contribution in [2.24, 2.45) is 19.2 Å². The molecule has 3 heterocycles. The zero-order valence-corrected chi connectivity index (χ0v) is 15.0. The predicted molar refractivity (Wildman–Crippen MR) is 99.5 cm³/mol. The summed E-state index contributed by atoms with van der Waals surface area (Å²) >= 11 is 0. The highest BCUT2D eigenvalue weighted by atomic mass is 16.2. The van der Waals surface area contributed by atoms with E-state index in [1.54, 1.807) is 7.05 Å².